The van der Waals surface area contributed by atoms with Crippen molar-refractivity contribution in [3.05, 3.63) is 38.9 Å². The summed E-state index contributed by atoms with van der Waals surface area (Å²) >= 11 is 11.5. The van der Waals surface area contributed by atoms with Gasteiger partial charge in [-0.1, -0.05) is 11.6 Å². The van der Waals surface area contributed by atoms with Gasteiger partial charge in [0.25, 0.3) is 11.6 Å². The van der Waals surface area contributed by atoms with Gasteiger partial charge in [-0.3, -0.25) is 14.9 Å². The van der Waals surface area contributed by atoms with Gasteiger partial charge in [0, 0.05) is 41.2 Å². The number of rotatable bonds is 5. The third-order valence-electron chi connectivity index (χ3n) is 2.91. The van der Waals surface area contributed by atoms with Crippen molar-refractivity contribution >= 4 is 34.8 Å². The molecule has 1 saturated carbocycles. The van der Waals surface area contributed by atoms with E-state index < -0.39 is 4.92 Å². The van der Waals surface area contributed by atoms with E-state index in [9.17, 15) is 14.9 Å². The summed E-state index contributed by atoms with van der Waals surface area (Å²) in [4.78, 5) is 24.2. The highest BCUT2D eigenvalue weighted by molar-refractivity contribution is 6.31. The van der Waals surface area contributed by atoms with Gasteiger partial charge in [0.2, 0.25) is 0 Å². The molecule has 1 fully saturated rings. The molecule has 0 bridgehead atoms. The maximum absolute atomic E-state index is 12.3. The zero-order valence-corrected chi connectivity index (χ0v) is 11.5. The van der Waals surface area contributed by atoms with Crippen LogP contribution >= 0.6 is 23.2 Å². The van der Waals surface area contributed by atoms with E-state index in [1.807, 2.05) is 0 Å². The van der Waals surface area contributed by atoms with Gasteiger partial charge in [-0.15, -0.1) is 11.6 Å². The largest absolute Gasteiger partial charge is 0.334 e. The summed E-state index contributed by atoms with van der Waals surface area (Å²) < 4.78 is 0. The van der Waals surface area contributed by atoms with Gasteiger partial charge in [0.15, 0.2) is 0 Å². The number of amides is 1. The van der Waals surface area contributed by atoms with E-state index in [1.54, 1.807) is 4.90 Å². The minimum absolute atomic E-state index is 0.180. The molecule has 2 rings (SSSR count). The molecule has 102 valence electrons. The predicted octanol–water partition coefficient (Wildman–Crippen LogP) is 3.09. The molecule has 0 aliphatic heterocycles. The Kier molecular flexibility index (Phi) is 4.27. The summed E-state index contributed by atoms with van der Waals surface area (Å²) in [6.07, 6.45) is 1.90. The van der Waals surface area contributed by atoms with Gasteiger partial charge in [-0.2, -0.15) is 0 Å². The van der Waals surface area contributed by atoms with Gasteiger partial charge >= 0.3 is 0 Å². The van der Waals surface area contributed by atoms with Gasteiger partial charge < -0.3 is 4.90 Å². The predicted molar refractivity (Wildman–Crippen MR) is 72.9 cm³/mol. The second kappa shape index (κ2) is 5.75. The van der Waals surface area contributed by atoms with E-state index >= 15 is 0 Å². The lowest BCUT2D eigenvalue weighted by atomic mass is 10.1. The fourth-order valence-corrected chi connectivity index (χ4v) is 2.31. The lowest BCUT2D eigenvalue weighted by Gasteiger charge is -2.21. The van der Waals surface area contributed by atoms with Crippen LogP contribution in [0.3, 0.4) is 0 Å². The molecule has 0 radical (unpaired) electrons. The number of hydrogen-bond donors (Lipinski definition) is 0. The molecular weight excluding hydrogens is 291 g/mol. The van der Waals surface area contributed by atoms with Crippen LogP contribution in [0.5, 0.6) is 0 Å². The second-order valence-electron chi connectivity index (χ2n) is 4.37. The van der Waals surface area contributed by atoms with Crippen LogP contribution in [0.4, 0.5) is 5.69 Å². The maximum atomic E-state index is 12.3. The van der Waals surface area contributed by atoms with Gasteiger partial charge in [0.1, 0.15) is 0 Å². The molecule has 0 atom stereocenters. The molecule has 1 amide bonds. The number of hydrogen-bond acceptors (Lipinski definition) is 3. The highest BCUT2D eigenvalue weighted by Crippen LogP contribution is 2.29. The number of non-ortho nitro benzene ring substituents is 1. The summed E-state index contributed by atoms with van der Waals surface area (Å²) in [6, 6.07) is 4.11. The second-order valence-corrected chi connectivity index (χ2v) is 5.19. The fourth-order valence-electron chi connectivity index (χ4n) is 1.90. The Hall–Kier alpha value is -1.33. The number of benzene rings is 1. The van der Waals surface area contributed by atoms with Crippen molar-refractivity contribution in [1.29, 1.82) is 0 Å². The van der Waals surface area contributed by atoms with Crippen molar-refractivity contribution in [2.24, 2.45) is 0 Å². The Balaban J connectivity index is 2.28. The van der Waals surface area contributed by atoms with E-state index in [1.165, 1.54) is 18.2 Å². The number of nitro benzene ring substituents is 1. The van der Waals surface area contributed by atoms with Crippen molar-refractivity contribution in [3.8, 4) is 0 Å². The fraction of sp³-hybridized carbons (Fsp3) is 0.417. The van der Waals surface area contributed by atoms with Crippen LogP contribution in [-0.2, 0) is 0 Å². The number of nitrogens with zero attached hydrogens (tertiary/aromatic N) is 2. The Morgan fingerprint density at radius 2 is 2.11 bits per heavy atom. The summed E-state index contributed by atoms with van der Waals surface area (Å²) in [5, 5.41) is 11.0. The lowest BCUT2D eigenvalue weighted by molar-refractivity contribution is -0.384. The molecule has 1 aromatic carbocycles. The van der Waals surface area contributed by atoms with Crippen LogP contribution in [0.15, 0.2) is 18.2 Å². The lowest BCUT2D eigenvalue weighted by Crippen LogP contribution is -2.34. The molecule has 1 aromatic rings. The average molecular weight is 303 g/mol. The van der Waals surface area contributed by atoms with Crippen LogP contribution < -0.4 is 0 Å². The first-order chi connectivity index (χ1) is 9.02. The van der Waals surface area contributed by atoms with E-state index in [-0.39, 0.29) is 28.2 Å². The highest BCUT2D eigenvalue weighted by atomic mass is 35.5. The SMILES string of the molecule is O=C(c1cc(Cl)cc([N+](=O)[O-])c1)N(CCCl)C1CC1. The standard InChI is InChI=1S/C12H12Cl2N2O3/c13-3-4-15(10-1-2-10)12(17)8-5-9(14)7-11(6-8)16(18)19/h5-7,10H,1-4H2. The van der Waals surface area contributed by atoms with Gasteiger partial charge in [-0.05, 0) is 18.9 Å². The molecule has 1 aliphatic carbocycles. The monoisotopic (exact) mass is 302 g/mol. The molecule has 0 unspecified atom stereocenters. The van der Waals surface area contributed by atoms with Crippen molar-refractivity contribution in [1.82, 2.24) is 4.90 Å². The Morgan fingerprint density at radius 1 is 1.42 bits per heavy atom. The molecule has 0 spiro atoms. The van der Waals surface area contributed by atoms with Crippen molar-refractivity contribution in [2.45, 2.75) is 18.9 Å². The molecule has 0 saturated heterocycles. The number of carbonyl (C=O) groups excluding carboxylic acids is 1. The summed E-state index contributed by atoms with van der Waals surface area (Å²) in [6.45, 7) is 0.436. The van der Waals surface area contributed by atoms with E-state index in [2.05, 4.69) is 0 Å². The third kappa shape index (κ3) is 3.36. The number of carbonyl (C=O) groups is 1. The third-order valence-corrected chi connectivity index (χ3v) is 3.30. The minimum Gasteiger partial charge on any atom is -0.334 e. The zero-order valence-electron chi connectivity index (χ0n) is 10.0. The molecule has 19 heavy (non-hydrogen) atoms. The van der Waals surface area contributed by atoms with E-state index in [0.717, 1.165) is 12.8 Å². The van der Waals surface area contributed by atoms with Crippen LogP contribution in [-0.4, -0.2) is 34.2 Å². The van der Waals surface area contributed by atoms with Crippen molar-refractivity contribution in [2.75, 3.05) is 12.4 Å². The van der Waals surface area contributed by atoms with Gasteiger partial charge in [-0.25, -0.2) is 0 Å². The maximum Gasteiger partial charge on any atom is 0.271 e. The Bertz CT molecular complexity index is 518. The zero-order chi connectivity index (χ0) is 14.0. The smallest absolute Gasteiger partial charge is 0.271 e. The van der Waals surface area contributed by atoms with E-state index in [4.69, 9.17) is 23.2 Å². The van der Waals surface area contributed by atoms with Crippen LogP contribution in [0, 0.1) is 10.1 Å². The van der Waals surface area contributed by atoms with Crippen LogP contribution in [0.2, 0.25) is 5.02 Å². The number of halogens is 2. The molecule has 7 heteroatoms. The number of alkyl halides is 1. The van der Waals surface area contributed by atoms with Crippen molar-refractivity contribution < 1.29 is 9.72 Å². The average Bonchev–Trinajstić information content (AvgIpc) is 3.18. The highest BCUT2D eigenvalue weighted by Gasteiger charge is 2.33. The summed E-state index contributed by atoms with van der Waals surface area (Å²) in [5.41, 5.74) is 0.0497. The quantitative estimate of drug-likeness (QED) is 0.477. The molecular formula is C12H12Cl2N2O3. The molecule has 0 aromatic heterocycles. The summed E-state index contributed by atoms with van der Waals surface area (Å²) in [7, 11) is 0. The van der Waals surface area contributed by atoms with Crippen LogP contribution in [0.25, 0.3) is 0 Å². The topological polar surface area (TPSA) is 63.4 Å². The van der Waals surface area contributed by atoms with Crippen LogP contribution in [0.1, 0.15) is 23.2 Å². The summed E-state index contributed by atoms with van der Waals surface area (Å²) in [5.74, 6) is 0.0824. The molecule has 0 N–H and O–H groups in total. The van der Waals surface area contributed by atoms with Gasteiger partial charge in [0.05, 0.1) is 4.92 Å². The first-order valence-electron chi connectivity index (χ1n) is 5.85. The Morgan fingerprint density at radius 3 is 2.63 bits per heavy atom. The minimum atomic E-state index is -0.564. The molecule has 1 aliphatic rings. The first-order valence-corrected chi connectivity index (χ1v) is 6.76. The first kappa shape index (κ1) is 14.1. The molecule has 0 heterocycles. The normalized spacial score (nSPS) is 14.2. The number of nitro groups is 1. The molecule has 5 nitrogen and oxygen atoms in total. The van der Waals surface area contributed by atoms with Crippen molar-refractivity contribution in [3.63, 3.8) is 0 Å². The van der Waals surface area contributed by atoms with E-state index in [0.29, 0.717) is 12.4 Å². The Labute approximate surface area is 120 Å².